The van der Waals surface area contributed by atoms with Crippen LogP contribution in [0.15, 0.2) is 72.8 Å². The molecule has 0 amide bonds. The summed E-state index contributed by atoms with van der Waals surface area (Å²) in [6, 6.07) is 24.7. The smallest absolute Gasteiger partial charge is 0.142 e. The number of piperazine rings is 1. The molecule has 5 nitrogen and oxygen atoms in total. The van der Waals surface area contributed by atoms with Crippen molar-refractivity contribution in [3.63, 3.8) is 0 Å². The van der Waals surface area contributed by atoms with E-state index in [4.69, 9.17) is 26.3 Å². The third-order valence-corrected chi connectivity index (χ3v) is 6.48. The Morgan fingerprint density at radius 3 is 2.35 bits per heavy atom. The molecular weight excluding hydrogens is 444 g/mol. The molecule has 1 aromatic heterocycles. The first-order valence-electron chi connectivity index (χ1n) is 11.9. The van der Waals surface area contributed by atoms with Crippen LogP contribution in [0.2, 0.25) is 5.02 Å². The van der Waals surface area contributed by atoms with Gasteiger partial charge < -0.3 is 14.5 Å². The standard InChI is InChI=1S/C28H29ClN4O/c1-2-34-26-11-7-6-10-25(26)32-16-18-33(19-17-32)28-23-20-22(29)13-14-24(23)30-27(31-28)15-12-21-8-4-3-5-9-21/h3-11,13-14,20H,2,12,15-19H2,1H3. The van der Waals surface area contributed by atoms with E-state index in [1.54, 1.807) is 0 Å². The number of fused-ring (bicyclic) bond motifs is 1. The number of ether oxygens (including phenoxy) is 1. The van der Waals surface area contributed by atoms with Gasteiger partial charge in [-0.15, -0.1) is 0 Å². The number of aromatic nitrogens is 2. The van der Waals surface area contributed by atoms with Crippen molar-refractivity contribution in [2.75, 3.05) is 42.6 Å². The molecular formula is C28H29ClN4O. The Hall–Kier alpha value is -3.31. The zero-order chi connectivity index (χ0) is 23.3. The Kier molecular flexibility index (Phi) is 6.82. The third-order valence-electron chi connectivity index (χ3n) is 6.25. The van der Waals surface area contributed by atoms with Crippen molar-refractivity contribution in [3.8, 4) is 5.75 Å². The Labute approximate surface area is 206 Å². The molecule has 0 N–H and O–H groups in total. The van der Waals surface area contributed by atoms with Crippen molar-refractivity contribution >= 4 is 34.0 Å². The largest absolute Gasteiger partial charge is 0.492 e. The van der Waals surface area contributed by atoms with Crippen LogP contribution < -0.4 is 14.5 Å². The molecule has 1 fully saturated rings. The fraction of sp³-hybridized carbons (Fsp3) is 0.286. The Bertz CT molecular complexity index is 1260. The van der Waals surface area contributed by atoms with E-state index in [9.17, 15) is 0 Å². The minimum Gasteiger partial charge on any atom is -0.492 e. The van der Waals surface area contributed by atoms with Crippen molar-refractivity contribution in [1.29, 1.82) is 0 Å². The van der Waals surface area contributed by atoms with E-state index in [-0.39, 0.29) is 0 Å². The molecule has 34 heavy (non-hydrogen) atoms. The number of nitrogens with zero attached hydrogens (tertiary/aromatic N) is 4. The summed E-state index contributed by atoms with van der Waals surface area (Å²) < 4.78 is 5.86. The van der Waals surface area contributed by atoms with Gasteiger partial charge in [-0.25, -0.2) is 9.97 Å². The summed E-state index contributed by atoms with van der Waals surface area (Å²) in [7, 11) is 0. The van der Waals surface area contributed by atoms with Gasteiger partial charge in [0.05, 0.1) is 17.8 Å². The zero-order valence-corrected chi connectivity index (χ0v) is 20.2. The first-order chi connectivity index (χ1) is 16.7. The van der Waals surface area contributed by atoms with Crippen LogP contribution in [0.5, 0.6) is 5.75 Å². The molecule has 4 aromatic rings. The summed E-state index contributed by atoms with van der Waals surface area (Å²) in [5, 5.41) is 1.72. The average Bonchev–Trinajstić information content (AvgIpc) is 2.88. The van der Waals surface area contributed by atoms with Crippen LogP contribution in [0, 0.1) is 0 Å². The lowest BCUT2D eigenvalue weighted by Crippen LogP contribution is -2.47. The molecule has 0 bridgehead atoms. The fourth-order valence-corrected chi connectivity index (χ4v) is 4.71. The predicted octanol–water partition coefficient (Wildman–Crippen LogP) is 5.79. The van der Waals surface area contributed by atoms with Crippen LogP contribution >= 0.6 is 11.6 Å². The van der Waals surface area contributed by atoms with E-state index >= 15 is 0 Å². The van der Waals surface area contributed by atoms with E-state index in [0.29, 0.717) is 11.6 Å². The molecule has 0 atom stereocenters. The lowest BCUT2D eigenvalue weighted by atomic mass is 10.1. The van der Waals surface area contributed by atoms with Gasteiger partial charge in [-0.05, 0) is 49.2 Å². The Morgan fingerprint density at radius 2 is 1.56 bits per heavy atom. The summed E-state index contributed by atoms with van der Waals surface area (Å²) in [4.78, 5) is 14.7. The van der Waals surface area contributed by atoms with Crippen LogP contribution in [0.4, 0.5) is 11.5 Å². The molecule has 174 valence electrons. The molecule has 0 spiro atoms. The van der Waals surface area contributed by atoms with E-state index in [2.05, 4.69) is 46.2 Å². The number of hydrogen-bond donors (Lipinski definition) is 0. The number of halogens is 1. The van der Waals surface area contributed by atoms with Crippen LogP contribution in [-0.2, 0) is 12.8 Å². The third kappa shape index (κ3) is 4.95. The van der Waals surface area contributed by atoms with Crippen molar-refractivity contribution in [1.82, 2.24) is 9.97 Å². The highest BCUT2D eigenvalue weighted by molar-refractivity contribution is 6.31. The molecule has 0 saturated carbocycles. The number of para-hydroxylation sites is 2. The second-order valence-electron chi connectivity index (χ2n) is 8.49. The molecule has 0 unspecified atom stereocenters. The highest BCUT2D eigenvalue weighted by Gasteiger charge is 2.23. The summed E-state index contributed by atoms with van der Waals surface area (Å²) in [5.41, 5.74) is 3.40. The minimum absolute atomic E-state index is 0.663. The van der Waals surface area contributed by atoms with Crippen molar-refractivity contribution in [2.45, 2.75) is 19.8 Å². The molecule has 5 rings (SSSR count). The SMILES string of the molecule is CCOc1ccccc1N1CCN(c2nc(CCc3ccccc3)nc3ccc(Cl)cc23)CC1. The van der Waals surface area contributed by atoms with E-state index < -0.39 is 0 Å². The molecule has 3 aromatic carbocycles. The molecule has 2 heterocycles. The number of hydrogen-bond acceptors (Lipinski definition) is 5. The van der Waals surface area contributed by atoms with Gasteiger partial charge >= 0.3 is 0 Å². The van der Waals surface area contributed by atoms with Crippen molar-refractivity contribution in [2.24, 2.45) is 0 Å². The fourth-order valence-electron chi connectivity index (χ4n) is 4.54. The van der Waals surface area contributed by atoms with Gasteiger partial charge in [0.25, 0.3) is 0 Å². The van der Waals surface area contributed by atoms with Gasteiger partial charge in [-0.1, -0.05) is 54.1 Å². The van der Waals surface area contributed by atoms with Gasteiger partial charge in [0.15, 0.2) is 0 Å². The highest BCUT2D eigenvalue weighted by Crippen LogP contribution is 2.32. The number of anilines is 2. The van der Waals surface area contributed by atoms with Gasteiger partial charge in [0.1, 0.15) is 17.4 Å². The first kappa shape index (κ1) is 22.5. The van der Waals surface area contributed by atoms with Gasteiger partial charge in [-0.3, -0.25) is 0 Å². The van der Waals surface area contributed by atoms with Crippen molar-refractivity contribution < 1.29 is 4.74 Å². The topological polar surface area (TPSA) is 41.5 Å². The second kappa shape index (κ2) is 10.3. The number of aryl methyl sites for hydroxylation is 2. The van der Waals surface area contributed by atoms with Gasteiger partial charge in [-0.2, -0.15) is 0 Å². The van der Waals surface area contributed by atoms with E-state index in [1.165, 1.54) is 5.56 Å². The zero-order valence-electron chi connectivity index (χ0n) is 19.5. The molecule has 0 aliphatic carbocycles. The maximum absolute atomic E-state index is 6.36. The van der Waals surface area contributed by atoms with Crippen LogP contribution in [-0.4, -0.2) is 42.8 Å². The average molecular weight is 473 g/mol. The first-order valence-corrected chi connectivity index (χ1v) is 12.3. The minimum atomic E-state index is 0.663. The normalized spacial score (nSPS) is 13.9. The number of rotatable bonds is 7. The number of benzene rings is 3. The van der Waals surface area contributed by atoms with Gasteiger partial charge in [0.2, 0.25) is 0 Å². The van der Waals surface area contributed by atoms with Crippen molar-refractivity contribution in [3.05, 3.63) is 89.2 Å². The predicted molar refractivity (Wildman–Crippen MR) is 140 cm³/mol. The van der Waals surface area contributed by atoms with Crippen LogP contribution in [0.1, 0.15) is 18.3 Å². The van der Waals surface area contributed by atoms with E-state index in [1.807, 2.05) is 43.3 Å². The molecule has 0 radical (unpaired) electrons. The molecule has 1 aliphatic heterocycles. The quantitative estimate of drug-likeness (QED) is 0.340. The highest BCUT2D eigenvalue weighted by atomic mass is 35.5. The van der Waals surface area contributed by atoms with E-state index in [0.717, 1.165) is 73.0 Å². The maximum Gasteiger partial charge on any atom is 0.142 e. The summed E-state index contributed by atoms with van der Waals surface area (Å²) >= 11 is 6.36. The summed E-state index contributed by atoms with van der Waals surface area (Å²) in [6.45, 7) is 6.23. The van der Waals surface area contributed by atoms with Gasteiger partial charge in [0, 0.05) is 43.0 Å². The molecule has 6 heteroatoms. The van der Waals surface area contributed by atoms with Crippen LogP contribution in [0.3, 0.4) is 0 Å². The lowest BCUT2D eigenvalue weighted by molar-refractivity contribution is 0.340. The molecule has 1 saturated heterocycles. The summed E-state index contributed by atoms with van der Waals surface area (Å²) in [6.07, 6.45) is 1.72. The maximum atomic E-state index is 6.36. The van der Waals surface area contributed by atoms with Crippen LogP contribution in [0.25, 0.3) is 10.9 Å². The molecule has 1 aliphatic rings. The lowest BCUT2D eigenvalue weighted by Gasteiger charge is -2.37. The monoisotopic (exact) mass is 472 g/mol. The second-order valence-corrected chi connectivity index (χ2v) is 8.92. The summed E-state index contributed by atoms with van der Waals surface area (Å²) in [5.74, 6) is 2.80. The Morgan fingerprint density at radius 1 is 0.824 bits per heavy atom. The Balaban J connectivity index is 1.39.